The maximum Gasteiger partial charge on any atom is 0.161 e. The number of benzene rings is 1. The van der Waals surface area contributed by atoms with Gasteiger partial charge in [0.2, 0.25) is 0 Å². The van der Waals surface area contributed by atoms with Crippen LogP contribution in [0.4, 0.5) is 5.69 Å². The van der Waals surface area contributed by atoms with Crippen LogP contribution in [-0.4, -0.2) is 16.5 Å². The molecular formula is C12H15BrN2S. The molecule has 1 N–H and O–H groups in total. The van der Waals surface area contributed by atoms with E-state index in [1.54, 1.807) is 11.8 Å². The summed E-state index contributed by atoms with van der Waals surface area (Å²) in [4.78, 5) is 4.72. The monoisotopic (exact) mass is 298 g/mol. The fraction of sp³-hybridized carbons (Fsp3) is 0.417. The van der Waals surface area contributed by atoms with Crippen molar-refractivity contribution in [3.05, 3.63) is 28.7 Å². The van der Waals surface area contributed by atoms with Crippen LogP contribution in [-0.2, 0) is 0 Å². The van der Waals surface area contributed by atoms with Crippen LogP contribution in [0.1, 0.15) is 20.3 Å². The maximum absolute atomic E-state index is 4.72. The quantitative estimate of drug-likeness (QED) is 0.888. The lowest BCUT2D eigenvalue weighted by Crippen LogP contribution is -2.20. The predicted molar refractivity (Wildman–Crippen MR) is 76.4 cm³/mol. The van der Waals surface area contributed by atoms with Crippen molar-refractivity contribution in [2.45, 2.75) is 25.8 Å². The van der Waals surface area contributed by atoms with Gasteiger partial charge in [-0.2, -0.15) is 0 Å². The Kier molecular flexibility index (Phi) is 3.60. The Hall–Kier alpha value is -0.480. The highest BCUT2D eigenvalue weighted by Crippen LogP contribution is 2.32. The van der Waals surface area contributed by atoms with Crippen LogP contribution >= 0.6 is 27.7 Å². The third-order valence-electron chi connectivity index (χ3n) is 2.77. The summed E-state index contributed by atoms with van der Waals surface area (Å²) >= 11 is 5.32. The summed E-state index contributed by atoms with van der Waals surface area (Å²) in [5, 5.41) is 4.39. The highest BCUT2D eigenvalue weighted by atomic mass is 79.9. The molecule has 1 aliphatic heterocycles. The second-order valence-electron chi connectivity index (χ2n) is 4.16. The number of anilines is 1. The predicted octanol–water partition coefficient (Wildman–Crippen LogP) is 4.13. The molecule has 86 valence electrons. The van der Waals surface area contributed by atoms with E-state index in [2.05, 4.69) is 41.2 Å². The van der Waals surface area contributed by atoms with Crippen LogP contribution in [0.2, 0.25) is 0 Å². The molecule has 0 aromatic heterocycles. The second kappa shape index (κ2) is 4.80. The smallest absolute Gasteiger partial charge is 0.161 e. The molecule has 2 rings (SSSR count). The maximum atomic E-state index is 4.72. The number of thioether (sulfide) groups is 1. The Bertz CT molecular complexity index is 419. The van der Waals surface area contributed by atoms with Gasteiger partial charge in [0.15, 0.2) is 5.17 Å². The SMILES string of the molecule is CCC1(C)CSC(Nc2ccccc2Br)=N1. The molecule has 1 heterocycles. The minimum atomic E-state index is 0.105. The first-order chi connectivity index (χ1) is 7.63. The molecule has 0 radical (unpaired) electrons. The fourth-order valence-electron chi connectivity index (χ4n) is 1.46. The minimum absolute atomic E-state index is 0.105. The van der Waals surface area contributed by atoms with Gasteiger partial charge in [0.25, 0.3) is 0 Å². The van der Waals surface area contributed by atoms with Crippen molar-refractivity contribution in [2.24, 2.45) is 4.99 Å². The van der Waals surface area contributed by atoms with E-state index in [-0.39, 0.29) is 5.54 Å². The molecular weight excluding hydrogens is 284 g/mol. The summed E-state index contributed by atoms with van der Waals surface area (Å²) in [7, 11) is 0. The van der Waals surface area contributed by atoms with E-state index in [0.29, 0.717) is 0 Å². The molecule has 0 bridgehead atoms. The van der Waals surface area contributed by atoms with E-state index in [1.807, 2.05) is 18.2 Å². The summed E-state index contributed by atoms with van der Waals surface area (Å²) in [5.41, 5.74) is 1.18. The standard InChI is InChI=1S/C12H15BrN2S/c1-3-12(2)8-16-11(15-12)14-10-7-5-4-6-9(10)13/h4-7H,3,8H2,1-2H3,(H,14,15). The van der Waals surface area contributed by atoms with Gasteiger partial charge >= 0.3 is 0 Å². The van der Waals surface area contributed by atoms with E-state index in [1.165, 1.54) is 0 Å². The number of para-hydroxylation sites is 1. The molecule has 1 aliphatic rings. The number of hydrogen-bond acceptors (Lipinski definition) is 3. The molecule has 0 fully saturated rings. The third-order valence-corrected chi connectivity index (χ3v) is 4.69. The van der Waals surface area contributed by atoms with Gasteiger partial charge in [-0.1, -0.05) is 30.8 Å². The fourth-order valence-corrected chi connectivity index (χ4v) is 3.02. The first-order valence-electron chi connectivity index (χ1n) is 5.37. The zero-order valence-corrected chi connectivity index (χ0v) is 11.9. The second-order valence-corrected chi connectivity index (χ2v) is 5.98. The number of aliphatic imine (C=N–C) groups is 1. The number of rotatable bonds is 2. The van der Waals surface area contributed by atoms with Crippen LogP contribution in [0.3, 0.4) is 0 Å². The zero-order chi connectivity index (χ0) is 11.6. The molecule has 0 saturated carbocycles. The van der Waals surface area contributed by atoms with Gasteiger partial charge in [0.05, 0.1) is 11.2 Å². The first-order valence-corrected chi connectivity index (χ1v) is 7.15. The van der Waals surface area contributed by atoms with Gasteiger partial charge in [-0.25, -0.2) is 0 Å². The average molecular weight is 299 g/mol. The number of nitrogens with one attached hydrogen (secondary N) is 1. The van der Waals surface area contributed by atoms with Crippen molar-refractivity contribution in [1.82, 2.24) is 0 Å². The lowest BCUT2D eigenvalue weighted by molar-refractivity contribution is 0.523. The van der Waals surface area contributed by atoms with Gasteiger partial charge in [-0.3, -0.25) is 4.99 Å². The van der Waals surface area contributed by atoms with Crippen molar-refractivity contribution >= 4 is 38.5 Å². The van der Waals surface area contributed by atoms with Gasteiger partial charge in [-0.05, 0) is 41.4 Å². The summed E-state index contributed by atoms with van der Waals surface area (Å²) in [6.07, 6.45) is 1.08. The Morgan fingerprint density at radius 2 is 2.25 bits per heavy atom. The Balaban J connectivity index is 2.13. The topological polar surface area (TPSA) is 24.4 Å². The molecule has 0 amide bonds. The lowest BCUT2D eigenvalue weighted by atomic mass is 10.0. The van der Waals surface area contributed by atoms with E-state index in [9.17, 15) is 0 Å². The Morgan fingerprint density at radius 3 is 2.88 bits per heavy atom. The minimum Gasteiger partial charge on any atom is -0.334 e. The molecule has 0 saturated heterocycles. The third kappa shape index (κ3) is 2.61. The number of nitrogens with zero attached hydrogens (tertiary/aromatic N) is 1. The highest BCUT2D eigenvalue weighted by Gasteiger charge is 2.28. The van der Waals surface area contributed by atoms with Crippen molar-refractivity contribution in [2.75, 3.05) is 11.1 Å². The molecule has 1 aromatic carbocycles. The average Bonchev–Trinajstić information content (AvgIpc) is 2.65. The van der Waals surface area contributed by atoms with E-state index < -0.39 is 0 Å². The molecule has 1 aromatic rings. The van der Waals surface area contributed by atoms with Crippen molar-refractivity contribution < 1.29 is 0 Å². The van der Waals surface area contributed by atoms with Gasteiger partial charge in [-0.15, -0.1) is 0 Å². The molecule has 0 aliphatic carbocycles. The number of amidine groups is 1. The summed E-state index contributed by atoms with van der Waals surface area (Å²) in [5.74, 6) is 1.07. The van der Waals surface area contributed by atoms with E-state index >= 15 is 0 Å². The van der Waals surface area contributed by atoms with Gasteiger partial charge < -0.3 is 5.32 Å². The lowest BCUT2D eigenvalue weighted by Gasteiger charge is -2.15. The van der Waals surface area contributed by atoms with Crippen molar-refractivity contribution in [1.29, 1.82) is 0 Å². The van der Waals surface area contributed by atoms with Crippen LogP contribution in [0.15, 0.2) is 33.7 Å². The normalized spacial score (nSPS) is 24.3. The molecule has 0 spiro atoms. The van der Waals surface area contributed by atoms with E-state index in [0.717, 1.165) is 27.5 Å². The van der Waals surface area contributed by atoms with Gasteiger partial charge in [0, 0.05) is 10.2 Å². The summed E-state index contributed by atoms with van der Waals surface area (Å²) in [6.45, 7) is 4.39. The van der Waals surface area contributed by atoms with Crippen LogP contribution in [0, 0.1) is 0 Å². The van der Waals surface area contributed by atoms with E-state index in [4.69, 9.17) is 4.99 Å². The van der Waals surface area contributed by atoms with Crippen molar-refractivity contribution in [3.63, 3.8) is 0 Å². The molecule has 16 heavy (non-hydrogen) atoms. The highest BCUT2D eigenvalue weighted by molar-refractivity contribution is 9.10. The van der Waals surface area contributed by atoms with Crippen molar-refractivity contribution in [3.8, 4) is 0 Å². The summed E-state index contributed by atoms with van der Waals surface area (Å²) in [6, 6.07) is 8.11. The zero-order valence-electron chi connectivity index (χ0n) is 9.46. The van der Waals surface area contributed by atoms with Crippen LogP contribution < -0.4 is 5.32 Å². The first kappa shape index (κ1) is 12.0. The molecule has 1 atom stereocenters. The Labute approximate surface area is 109 Å². The summed E-state index contributed by atoms with van der Waals surface area (Å²) < 4.78 is 1.07. The molecule has 1 unspecified atom stereocenters. The molecule has 2 nitrogen and oxygen atoms in total. The van der Waals surface area contributed by atoms with Gasteiger partial charge in [0.1, 0.15) is 0 Å². The number of hydrogen-bond donors (Lipinski definition) is 1. The van der Waals surface area contributed by atoms with Crippen LogP contribution in [0.5, 0.6) is 0 Å². The number of halogens is 1. The van der Waals surface area contributed by atoms with Crippen LogP contribution in [0.25, 0.3) is 0 Å². The molecule has 4 heteroatoms. The largest absolute Gasteiger partial charge is 0.334 e. The Morgan fingerprint density at radius 1 is 1.50 bits per heavy atom.